The van der Waals surface area contributed by atoms with Gasteiger partial charge in [0, 0.05) is 5.41 Å². The Bertz CT molecular complexity index is 2540. The quantitative estimate of drug-likeness (QED) is 0.168. The zero-order valence-electron chi connectivity index (χ0n) is 27.3. The first-order valence-electron chi connectivity index (χ1n) is 16.9. The predicted molar refractivity (Wildman–Crippen MR) is 199 cm³/mol. The lowest BCUT2D eigenvalue weighted by atomic mass is 9.78. The lowest BCUT2D eigenvalue weighted by molar-refractivity contribution is -0.137. The van der Waals surface area contributed by atoms with E-state index < -0.39 is 11.7 Å². The maximum Gasteiger partial charge on any atom is 0.416 e. The van der Waals surface area contributed by atoms with E-state index in [0.717, 1.165) is 67.8 Å². The molecule has 0 nitrogen and oxygen atoms in total. The summed E-state index contributed by atoms with van der Waals surface area (Å²) in [5.74, 6) is 0. The first-order chi connectivity index (χ1) is 23.7. The van der Waals surface area contributed by atoms with E-state index in [1.54, 1.807) is 12.1 Å². The van der Waals surface area contributed by atoms with Gasteiger partial charge in [0.15, 0.2) is 0 Å². The van der Waals surface area contributed by atoms with Crippen LogP contribution in [0, 0.1) is 0 Å². The van der Waals surface area contributed by atoms with E-state index in [1.165, 1.54) is 45.2 Å². The summed E-state index contributed by atoms with van der Waals surface area (Å²) in [5.41, 5.74) is 11.0. The van der Waals surface area contributed by atoms with Crippen LogP contribution in [0.4, 0.5) is 13.2 Å². The average molecular weight is 643 g/mol. The van der Waals surface area contributed by atoms with Crippen molar-refractivity contribution in [1.82, 2.24) is 0 Å². The largest absolute Gasteiger partial charge is 0.416 e. The molecule has 49 heavy (non-hydrogen) atoms. The average Bonchev–Trinajstić information content (AvgIpc) is 3.35. The van der Waals surface area contributed by atoms with Crippen molar-refractivity contribution in [3.8, 4) is 33.4 Å². The second-order valence-corrected chi connectivity index (χ2v) is 13.9. The van der Waals surface area contributed by atoms with Gasteiger partial charge in [0.25, 0.3) is 0 Å². The van der Waals surface area contributed by atoms with E-state index in [0.29, 0.717) is 0 Å². The Hall–Kier alpha value is -5.41. The maximum absolute atomic E-state index is 13.6. The van der Waals surface area contributed by atoms with Crippen LogP contribution in [0.5, 0.6) is 0 Å². The molecule has 0 radical (unpaired) electrons. The van der Waals surface area contributed by atoms with Crippen LogP contribution in [0.2, 0.25) is 0 Å². The summed E-state index contributed by atoms with van der Waals surface area (Å²) in [4.78, 5) is 0. The Kier molecular flexibility index (Phi) is 6.55. The van der Waals surface area contributed by atoms with Crippen molar-refractivity contribution < 1.29 is 13.2 Å². The summed E-state index contributed by atoms with van der Waals surface area (Å²) >= 11 is 0. The summed E-state index contributed by atoms with van der Waals surface area (Å²) in [5, 5.41) is 6.54. The highest BCUT2D eigenvalue weighted by molar-refractivity contribution is 6.22. The monoisotopic (exact) mass is 642 g/mol. The number of fused-ring (bicyclic) bond motifs is 5. The molecule has 7 aromatic rings. The summed E-state index contributed by atoms with van der Waals surface area (Å²) in [7, 11) is 0. The lowest BCUT2D eigenvalue weighted by Crippen LogP contribution is -2.16. The number of allylic oxidation sites excluding steroid dienone is 4. The van der Waals surface area contributed by atoms with Gasteiger partial charge in [0.2, 0.25) is 0 Å². The van der Waals surface area contributed by atoms with E-state index in [1.807, 2.05) is 6.07 Å². The number of hydrogen-bond donors (Lipinski definition) is 0. The second-order valence-electron chi connectivity index (χ2n) is 13.9. The van der Waals surface area contributed by atoms with Gasteiger partial charge in [-0.2, -0.15) is 13.2 Å². The molecule has 0 fully saturated rings. The van der Waals surface area contributed by atoms with Gasteiger partial charge in [0.1, 0.15) is 0 Å². The molecule has 2 aliphatic rings. The highest BCUT2D eigenvalue weighted by Gasteiger charge is 2.37. The number of rotatable bonds is 3. The molecular weight excluding hydrogens is 610 g/mol. The van der Waals surface area contributed by atoms with Crippen LogP contribution < -0.4 is 0 Å². The van der Waals surface area contributed by atoms with Gasteiger partial charge in [-0.05, 0) is 125 Å². The van der Waals surface area contributed by atoms with E-state index in [-0.39, 0.29) is 5.41 Å². The van der Waals surface area contributed by atoms with Gasteiger partial charge in [0.05, 0.1) is 5.56 Å². The molecular formula is C46H33F3. The molecule has 0 bridgehead atoms. The van der Waals surface area contributed by atoms with Crippen LogP contribution in [-0.2, 0) is 11.6 Å². The van der Waals surface area contributed by atoms with E-state index >= 15 is 0 Å². The summed E-state index contributed by atoms with van der Waals surface area (Å²) in [6.07, 6.45) is 2.34. The van der Waals surface area contributed by atoms with Crippen LogP contribution in [0.3, 0.4) is 0 Å². The van der Waals surface area contributed by atoms with Gasteiger partial charge in [-0.25, -0.2) is 0 Å². The molecule has 0 saturated heterocycles. The Morgan fingerprint density at radius 1 is 0.551 bits per heavy atom. The van der Waals surface area contributed by atoms with Gasteiger partial charge < -0.3 is 0 Å². The Balaban J connectivity index is 1.36. The molecule has 0 spiro atoms. The Morgan fingerprint density at radius 2 is 1.18 bits per heavy atom. The topological polar surface area (TPSA) is 0 Å². The SMILES string of the molecule is CC1(C)C2=C(CCC=C2)c2ccc(-c3c4ccccc4c(-c4ccc(C(F)(F)F)cc4)c4ccc(-c5cccc6ccccc56)cc34)cc21. The van der Waals surface area contributed by atoms with Crippen molar-refractivity contribution in [2.24, 2.45) is 0 Å². The van der Waals surface area contributed by atoms with Crippen molar-refractivity contribution in [2.75, 3.05) is 0 Å². The molecule has 0 aliphatic heterocycles. The second kappa shape index (κ2) is 10.8. The normalized spacial score (nSPS) is 15.3. The summed E-state index contributed by atoms with van der Waals surface area (Å²) < 4.78 is 40.9. The molecule has 9 rings (SSSR count). The highest BCUT2D eigenvalue weighted by Crippen LogP contribution is 2.52. The molecule has 0 saturated carbocycles. The van der Waals surface area contributed by atoms with Crippen LogP contribution in [0.25, 0.3) is 71.3 Å². The van der Waals surface area contributed by atoms with Crippen LogP contribution >= 0.6 is 0 Å². The molecule has 0 amide bonds. The molecule has 0 N–H and O–H groups in total. The first-order valence-corrected chi connectivity index (χ1v) is 16.9. The third-order valence-electron chi connectivity index (χ3n) is 10.8. The molecule has 238 valence electrons. The number of benzene rings is 7. The molecule has 0 atom stereocenters. The summed E-state index contributed by atoms with van der Waals surface area (Å²) in [6, 6.07) is 42.4. The van der Waals surface area contributed by atoms with Crippen molar-refractivity contribution in [3.05, 3.63) is 162 Å². The van der Waals surface area contributed by atoms with Crippen LogP contribution in [0.1, 0.15) is 43.4 Å². The zero-order chi connectivity index (χ0) is 33.5. The van der Waals surface area contributed by atoms with Crippen molar-refractivity contribution in [1.29, 1.82) is 0 Å². The van der Waals surface area contributed by atoms with Crippen molar-refractivity contribution >= 4 is 37.9 Å². The third-order valence-corrected chi connectivity index (χ3v) is 10.8. The number of hydrogen-bond acceptors (Lipinski definition) is 0. The molecule has 0 heterocycles. The zero-order valence-corrected chi connectivity index (χ0v) is 27.3. The summed E-state index contributed by atoms with van der Waals surface area (Å²) in [6.45, 7) is 4.66. The predicted octanol–water partition coefficient (Wildman–Crippen LogP) is 13.6. The van der Waals surface area contributed by atoms with Gasteiger partial charge in [-0.15, -0.1) is 0 Å². The van der Waals surface area contributed by atoms with E-state index in [9.17, 15) is 13.2 Å². The fourth-order valence-corrected chi connectivity index (χ4v) is 8.43. The van der Waals surface area contributed by atoms with Gasteiger partial charge >= 0.3 is 6.18 Å². The molecule has 2 aliphatic carbocycles. The minimum absolute atomic E-state index is 0.114. The third kappa shape index (κ3) is 4.59. The maximum atomic E-state index is 13.6. The number of halogens is 3. The minimum Gasteiger partial charge on any atom is -0.166 e. The Morgan fingerprint density at radius 3 is 1.94 bits per heavy atom. The molecule has 3 heteroatoms. The fourth-order valence-electron chi connectivity index (χ4n) is 8.43. The smallest absolute Gasteiger partial charge is 0.166 e. The highest BCUT2D eigenvalue weighted by atomic mass is 19.4. The first kappa shape index (κ1) is 29.7. The van der Waals surface area contributed by atoms with E-state index in [2.05, 4.69) is 123 Å². The van der Waals surface area contributed by atoms with E-state index in [4.69, 9.17) is 0 Å². The molecule has 0 aromatic heterocycles. The van der Waals surface area contributed by atoms with Crippen molar-refractivity contribution in [2.45, 2.75) is 38.3 Å². The van der Waals surface area contributed by atoms with Crippen LogP contribution in [0.15, 0.2) is 145 Å². The Labute approximate surface area is 283 Å². The lowest BCUT2D eigenvalue weighted by Gasteiger charge is -2.25. The number of alkyl halides is 3. The molecule has 7 aromatic carbocycles. The molecule has 0 unspecified atom stereocenters. The van der Waals surface area contributed by atoms with Crippen molar-refractivity contribution in [3.63, 3.8) is 0 Å². The minimum atomic E-state index is -4.40. The van der Waals surface area contributed by atoms with Crippen LogP contribution in [-0.4, -0.2) is 0 Å². The van der Waals surface area contributed by atoms with Gasteiger partial charge in [-0.3, -0.25) is 0 Å². The van der Waals surface area contributed by atoms with Gasteiger partial charge in [-0.1, -0.05) is 129 Å². The fraction of sp³-hybridized carbons (Fsp3) is 0.130. The standard InChI is InChI=1S/C46H33F3/c1-45(2)41-17-8-7-13-35(41)36-24-21-31(27-42(36)45)44-38-15-6-5-14-37(38)43(29-18-22-32(23-19-29)46(47,48)49)39-25-20-30(26-40(39)44)34-16-9-11-28-10-3-4-12-33(28)34/h3-6,8-12,14-27H,7,13H2,1-2H3.